The van der Waals surface area contributed by atoms with Crippen LogP contribution in [0.2, 0.25) is 0 Å². The number of hydrogen-bond donors (Lipinski definition) is 1. The number of fused-ring (bicyclic) bond motifs is 1. The summed E-state index contributed by atoms with van der Waals surface area (Å²) in [5.41, 5.74) is 5.49. The molecule has 0 aliphatic carbocycles. The summed E-state index contributed by atoms with van der Waals surface area (Å²) in [5.74, 6) is -0.668. The summed E-state index contributed by atoms with van der Waals surface area (Å²) in [5, 5.41) is 0. The second kappa shape index (κ2) is 5.65. The van der Waals surface area contributed by atoms with E-state index in [9.17, 15) is 13.6 Å². The van der Waals surface area contributed by atoms with Gasteiger partial charge in [0.05, 0.1) is 12.5 Å². The van der Waals surface area contributed by atoms with Crippen molar-refractivity contribution in [3.05, 3.63) is 23.8 Å². The molecule has 0 radical (unpaired) electrons. The van der Waals surface area contributed by atoms with Crippen molar-refractivity contribution in [2.45, 2.75) is 26.2 Å². The minimum Gasteiger partial charge on any atom is -0.469 e. The quantitative estimate of drug-likeness (QED) is 0.866. The van der Waals surface area contributed by atoms with Gasteiger partial charge in [0, 0.05) is 6.04 Å². The SMILES string of the molecule is COC(=O)C(C)(C)[C@H](N)c1ccc2c(c1)OC(F)(F)O2.Cl. The van der Waals surface area contributed by atoms with Gasteiger partial charge >= 0.3 is 12.3 Å². The first-order valence-electron chi connectivity index (χ1n) is 5.91. The summed E-state index contributed by atoms with van der Waals surface area (Å²) in [6.45, 7) is 3.23. The summed E-state index contributed by atoms with van der Waals surface area (Å²) in [4.78, 5) is 11.7. The van der Waals surface area contributed by atoms with Crippen LogP contribution in [0.5, 0.6) is 11.5 Å². The molecule has 0 amide bonds. The highest BCUT2D eigenvalue weighted by molar-refractivity contribution is 5.85. The van der Waals surface area contributed by atoms with Gasteiger partial charge in [0.2, 0.25) is 0 Å². The Morgan fingerprint density at radius 3 is 2.48 bits per heavy atom. The summed E-state index contributed by atoms with van der Waals surface area (Å²) in [7, 11) is 1.26. The molecule has 8 heteroatoms. The molecule has 0 aromatic heterocycles. The number of halogens is 3. The second-order valence-corrected chi connectivity index (χ2v) is 5.06. The number of methoxy groups -OCH3 is 1. The van der Waals surface area contributed by atoms with Gasteiger partial charge in [-0.2, -0.15) is 0 Å². The fourth-order valence-electron chi connectivity index (χ4n) is 1.97. The van der Waals surface area contributed by atoms with E-state index in [-0.39, 0.29) is 23.9 Å². The molecule has 0 fully saturated rings. The van der Waals surface area contributed by atoms with Crippen molar-refractivity contribution in [2.24, 2.45) is 11.1 Å². The first-order valence-corrected chi connectivity index (χ1v) is 5.91. The summed E-state index contributed by atoms with van der Waals surface area (Å²) in [6.07, 6.45) is -3.68. The summed E-state index contributed by atoms with van der Waals surface area (Å²) < 4.78 is 39.2. The Bertz CT molecular complexity index is 551. The van der Waals surface area contributed by atoms with E-state index in [0.717, 1.165) is 0 Å². The van der Waals surface area contributed by atoms with Gasteiger partial charge in [0.1, 0.15) is 0 Å². The lowest BCUT2D eigenvalue weighted by molar-refractivity contribution is -0.286. The van der Waals surface area contributed by atoms with Gasteiger partial charge in [-0.05, 0) is 31.5 Å². The van der Waals surface area contributed by atoms with Crippen molar-refractivity contribution >= 4 is 18.4 Å². The minimum atomic E-state index is -3.68. The molecule has 21 heavy (non-hydrogen) atoms. The molecule has 5 nitrogen and oxygen atoms in total. The Morgan fingerprint density at radius 1 is 1.33 bits per heavy atom. The number of carbonyl (C=O) groups is 1. The Kier molecular flexibility index (Phi) is 4.70. The zero-order chi connectivity index (χ0) is 15.1. The number of nitrogens with two attached hydrogens (primary N) is 1. The molecule has 0 bridgehead atoms. The van der Waals surface area contributed by atoms with Crippen molar-refractivity contribution in [1.29, 1.82) is 0 Å². The van der Waals surface area contributed by atoms with Crippen LogP contribution in [0.15, 0.2) is 18.2 Å². The van der Waals surface area contributed by atoms with Gasteiger partial charge in [0.25, 0.3) is 0 Å². The molecule has 2 N–H and O–H groups in total. The average Bonchev–Trinajstić information content (AvgIpc) is 2.69. The van der Waals surface area contributed by atoms with E-state index in [1.54, 1.807) is 13.8 Å². The lowest BCUT2D eigenvalue weighted by atomic mass is 9.81. The van der Waals surface area contributed by atoms with Crippen LogP contribution in [0, 0.1) is 5.41 Å². The van der Waals surface area contributed by atoms with Crippen LogP contribution in [0.4, 0.5) is 8.78 Å². The van der Waals surface area contributed by atoms with Crippen LogP contribution in [0.1, 0.15) is 25.5 Å². The van der Waals surface area contributed by atoms with Crippen LogP contribution in [-0.2, 0) is 9.53 Å². The number of rotatable bonds is 3. The number of carbonyl (C=O) groups excluding carboxylic acids is 1. The van der Waals surface area contributed by atoms with Crippen molar-refractivity contribution in [2.75, 3.05) is 7.11 Å². The number of benzene rings is 1. The van der Waals surface area contributed by atoms with Crippen molar-refractivity contribution in [1.82, 2.24) is 0 Å². The standard InChI is InChI=1S/C13H15F2NO4.ClH/c1-12(2,11(17)18-3)10(16)7-4-5-8-9(6-7)20-13(14,15)19-8;/h4-6,10H,16H2,1-3H3;1H/t10-;/m1./s1. The molecule has 1 heterocycles. The van der Waals surface area contributed by atoms with Gasteiger partial charge in [0.15, 0.2) is 11.5 Å². The Labute approximate surface area is 126 Å². The molecular weight excluding hydrogens is 308 g/mol. The topological polar surface area (TPSA) is 70.8 Å². The second-order valence-electron chi connectivity index (χ2n) is 5.06. The third-order valence-electron chi connectivity index (χ3n) is 3.27. The highest BCUT2D eigenvalue weighted by Crippen LogP contribution is 2.43. The van der Waals surface area contributed by atoms with Crippen LogP contribution in [0.25, 0.3) is 0 Å². The summed E-state index contributed by atoms with van der Waals surface area (Å²) >= 11 is 0. The van der Waals surface area contributed by atoms with Crippen LogP contribution < -0.4 is 15.2 Å². The maximum atomic E-state index is 12.9. The molecule has 0 saturated heterocycles. The largest absolute Gasteiger partial charge is 0.586 e. The highest BCUT2D eigenvalue weighted by Gasteiger charge is 2.44. The smallest absolute Gasteiger partial charge is 0.469 e. The van der Waals surface area contributed by atoms with Crippen LogP contribution >= 0.6 is 12.4 Å². The van der Waals surface area contributed by atoms with Gasteiger partial charge in [-0.15, -0.1) is 21.2 Å². The van der Waals surface area contributed by atoms with Crippen LogP contribution in [-0.4, -0.2) is 19.4 Å². The first kappa shape index (κ1) is 17.5. The lowest BCUT2D eigenvalue weighted by Gasteiger charge is -2.28. The number of hydrogen-bond acceptors (Lipinski definition) is 5. The summed E-state index contributed by atoms with van der Waals surface area (Å²) in [6, 6.07) is 3.45. The van der Waals surface area contributed by atoms with E-state index in [2.05, 4.69) is 14.2 Å². The minimum absolute atomic E-state index is 0. The Hall–Kier alpha value is -1.60. The predicted molar refractivity (Wildman–Crippen MR) is 72.6 cm³/mol. The number of esters is 1. The molecule has 1 atom stereocenters. The van der Waals surface area contributed by atoms with Crippen molar-refractivity contribution in [3.8, 4) is 11.5 Å². The van der Waals surface area contributed by atoms with Crippen molar-refractivity contribution < 1.29 is 27.8 Å². The van der Waals surface area contributed by atoms with E-state index in [1.807, 2.05) is 0 Å². The molecule has 1 aliphatic heterocycles. The zero-order valence-corrected chi connectivity index (χ0v) is 12.5. The normalized spacial score (nSPS) is 16.9. The number of ether oxygens (including phenoxy) is 3. The van der Waals surface area contributed by atoms with E-state index >= 15 is 0 Å². The fraction of sp³-hybridized carbons (Fsp3) is 0.462. The zero-order valence-electron chi connectivity index (χ0n) is 11.7. The lowest BCUT2D eigenvalue weighted by Crippen LogP contribution is -2.37. The van der Waals surface area contributed by atoms with E-state index in [0.29, 0.717) is 5.56 Å². The third-order valence-corrected chi connectivity index (χ3v) is 3.27. The predicted octanol–water partition coefficient (Wildman–Crippen LogP) is 2.63. The Balaban J connectivity index is 0.00000220. The molecular formula is C13H16ClF2NO4. The van der Waals surface area contributed by atoms with E-state index < -0.39 is 23.7 Å². The van der Waals surface area contributed by atoms with Crippen LogP contribution in [0.3, 0.4) is 0 Å². The van der Waals surface area contributed by atoms with Gasteiger partial charge in [-0.3, -0.25) is 4.79 Å². The molecule has 0 spiro atoms. The molecule has 1 aromatic rings. The van der Waals surface area contributed by atoms with E-state index in [1.165, 1.54) is 25.3 Å². The van der Waals surface area contributed by atoms with Gasteiger partial charge in [-0.1, -0.05) is 6.07 Å². The Morgan fingerprint density at radius 2 is 1.90 bits per heavy atom. The third kappa shape index (κ3) is 3.19. The maximum absolute atomic E-state index is 12.9. The monoisotopic (exact) mass is 323 g/mol. The molecule has 2 rings (SSSR count). The fourth-order valence-corrected chi connectivity index (χ4v) is 1.97. The van der Waals surface area contributed by atoms with Gasteiger partial charge < -0.3 is 19.9 Å². The first-order chi connectivity index (χ1) is 9.17. The average molecular weight is 324 g/mol. The molecule has 118 valence electrons. The van der Waals surface area contributed by atoms with E-state index in [4.69, 9.17) is 5.73 Å². The highest BCUT2D eigenvalue weighted by atomic mass is 35.5. The molecule has 1 aromatic carbocycles. The number of alkyl halides is 2. The van der Waals surface area contributed by atoms with Crippen molar-refractivity contribution in [3.63, 3.8) is 0 Å². The van der Waals surface area contributed by atoms with Gasteiger partial charge in [-0.25, -0.2) is 0 Å². The molecule has 1 aliphatic rings. The molecule has 0 saturated carbocycles. The molecule has 0 unspecified atom stereocenters. The maximum Gasteiger partial charge on any atom is 0.586 e.